The molecule has 7 nitrogen and oxygen atoms in total. The molecule has 1 saturated heterocycles. The number of rotatable bonds is 5. The molecule has 0 spiro atoms. The highest BCUT2D eigenvalue weighted by Crippen LogP contribution is 2.40. The third-order valence-electron chi connectivity index (χ3n) is 4.29. The topological polar surface area (TPSA) is 99.9 Å². The summed E-state index contributed by atoms with van der Waals surface area (Å²) in [5.74, 6) is 1.63. The van der Waals surface area contributed by atoms with Gasteiger partial charge in [-0.1, -0.05) is 6.42 Å². The molecule has 2 aliphatic rings. The van der Waals surface area contributed by atoms with Gasteiger partial charge in [-0.15, -0.1) is 0 Å². The first-order valence-corrected chi connectivity index (χ1v) is 7.27. The number of nitrogens with zero attached hydrogens (tertiary/aromatic N) is 1. The second kappa shape index (κ2) is 5.78. The molecule has 3 N–H and O–H groups in total. The number of carbonyl (C=O) groups excluding carboxylic acids is 1. The van der Waals surface area contributed by atoms with Crippen LogP contribution in [0, 0.1) is 11.8 Å². The Morgan fingerprint density at radius 2 is 2.35 bits per heavy atom. The lowest BCUT2D eigenvalue weighted by Gasteiger charge is -2.16. The minimum atomic E-state index is -0.296. The maximum Gasteiger partial charge on any atom is 0.340 e. The van der Waals surface area contributed by atoms with E-state index in [0.29, 0.717) is 30.6 Å². The average molecular weight is 280 g/mol. The second-order valence-corrected chi connectivity index (χ2v) is 5.63. The summed E-state index contributed by atoms with van der Waals surface area (Å²) >= 11 is 0. The lowest BCUT2D eigenvalue weighted by molar-refractivity contribution is -0.131. The SMILES string of the molecule is O=C(NCCCc1n[nH]c(=O)[nH]1)[C@@H]1OC[C@@H]2CCC[C@@H]21. The van der Waals surface area contributed by atoms with Gasteiger partial charge in [0.15, 0.2) is 0 Å². The van der Waals surface area contributed by atoms with Crippen LogP contribution < -0.4 is 11.0 Å². The van der Waals surface area contributed by atoms with Crippen LogP contribution in [-0.4, -0.2) is 40.3 Å². The molecule has 3 rings (SSSR count). The number of hydrogen-bond donors (Lipinski definition) is 3. The second-order valence-electron chi connectivity index (χ2n) is 5.63. The summed E-state index contributed by atoms with van der Waals surface area (Å²) < 4.78 is 5.62. The van der Waals surface area contributed by atoms with Crippen LogP contribution in [0.2, 0.25) is 0 Å². The van der Waals surface area contributed by atoms with Gasteiger partial charge in [0.05, 0.1) is 6.61 Å². The van der Waals surface area contributed by atoms with Crippen LogP contribution in [-0.2, 0) is 16.0 Å². The first-order valence-electron chi connectivity index (χ1n) is 7.27. The summed E-state index contributed by atoms with van der Waals surface area (Å²) in [4.78, 5) is 25.5. The van der Waals surface area contributed by atoms with E-state index in [1.54, 1.807) is 0 Å². The lowest BCUT2D eigenvalue weighted by Crippen LogP contribution is -2.38. The molecule has 1 aromatic rings. The Labute approximate surface area is 116 Å². The number of fused-ring (bicyclic) bond motifs is 1. The quantitative estimate of drug-likeness (QED) is 0.659. The summed E-state index contributed by atoms with van der Waals surface area (Å²) in [5.41, 5.74) is -0.296. The van der Waals surface area contributed by atoms with Gasteiger partial charge in [-0.25, -0.2) is 9.89 Å². The molecule has 2 heterocycles. The fourth-order valence-corrected chi connectivity index (χ4v) is 3.28. The Balaban J connectivity index is 1.40. The molecular weight excluding hydrogens is 260 g/mol. The number of amides is 1. The molecular formula is C13H20N4O3. The Hall–Kier alpha value is -1.63. The normalized spacial score (nSPS) is 28.5. The number of aromatic amines is 2. The number of H-pyrrole nitrogens is 2. The number of carbonyl (C=O) groups is 1. The van der Waals surface area contributed by atoms with Gasteiger partial charge in [0.1, 0.15) is 11.9 Å². The van der Waals surface area contributed by atoms with Crippen LogP contribution in [0.25, 0.3) is 0 Å². The molecule has 1 aliphatic heterocycles. The molecule has 2 fully saturated rings. The Bertz CT molecular complexity index is 524. The highest BCUT2D eigenvalue weighted by atomic mass is 16.5. The van der Waals surface area contributed by atoms with E-state index in [2.05, 4.69) is 20.5 Å². The zero-order valence-corrected chi connectivity index (χ0v) is 11.4. The zero-order chi connectivity index (χ0) is 13.9. The molecule has 0 aromatic carbocycles. The van der Waals surface area contributed by atoms with Crippen LogP contribution in [0.4, 0.5) is 0 Å². The maximum absolute atomic E-state index is 12.1. The van der Waals surface area contributed by atoms with E-state index in [4.69, 9.17) is 4.74 Å². The van der Waals surface area contributed by atoms with Crippen LogP contribution in [0.15, 0.2) is 4.79 Å². The van der Waals surface area contributed by atoms with Gasteiger partial charge in [-0.2, -0.15) is 5.10 Å². The fraction of sp³-hybridized carbons (Fsp3) is 0.769. The summed E-state index contributed by atoms with van der Waals surface area (Å²) in [7, 11) is 0. The van der Waals surface area contributed by atoms with Crippen LogP contribution >= 0.6 is 0 Å². The van der Waals surface area contributed by atoms with E-state index >= 15 is 0 Å². The van der Waals surface area contributed by atoms with Crippen molar-refractivity contribution in [1.82, 2.24) is 20.5 Å². The van der Waals surface area contributed by atoms with Crippen molar-refractivity contribution in [2.75, 3.05) is 13.2 Å². The molecule has 1 aliphatic carbocycles. The molecule has 20 heavy (non-hydrogen) atoms. The lowest BCUT2D eigenvalue weighted by atomic mass is 9.94. The third-order valence-corrected chi connectivity index (χ3v) is 4.29. The first-order chi connectivity index (χ1) is 9.74. The summed E-state index contributed by atoms with van der Waals surface area (Å²) in [6.07, 6.45) is 4.64. The van der Waals surface area contributed by atoms with Crippen molar-refractivity contribution in [3.05, 3.63) is 16.3 Å². The van der Waals surface area contributed by atoms with Gasteiger partial charge in [0.2, 0.25) is 5.91 Å². The molecule has 1 aromatic heterocycles. The first kappa shape index (κ1) is 13.4. The van der Waals surface area contributed by atoms with Crippen LogP contribution in [0.5, 0.6) is 0 Å². The van der Waals surface area contributed by atoms with Crippen molar-refractivity contribution in [2.24, 2.45) is 11.8 Å². The standard InChI is InChI=1S/C13H20N4O3/c18-12(11-9-4-1-3-8(9)7-20-11)14-6-2-5-10-15-13(19)17-16-10/h8-9,11H,1-7H2,(H,14,18)(H2,15,16,17,19)/t8-,9-,11+/m0/s1. The maximum atomic E-state index is 12.1. The minimum absolute atomic E-state index is 0.00919. The Morgan fingerprint density at radius 1 is 1.45 bits per heavy atom. The predicted molar refractivity (Wildman–Crippen MR) is 71.1 cm³/mol. The number of nitrogens with one attached hydrogen (secondary N) is 3. The van der Waals surface area contributed by atoms with Gasteiger partial charge < -0.3 is 10.1 Å². The molecule has 0 unspecified atom stereocenters. The summed E-state index contributed by atoms with van der Waals surface area (Å²) in [6, 6.07) is 0. The number of ether oxygens (including phenoxy) is 1. The van der Waals surface area contributed by atoms with Crippen LogP contribution in [0.1, 0.15) is 31.5 Å². The molecule has 0 bridgehead atoms. The summed E-state index contributed by atoms with van der Waals surface area (Å²) in [6.45, 7) is 1.31. The van der Waals surface area contributed by atoms with E-state index in [1.165, 1.54) is 12.8 Å². The van der Waals surface area contributed by atoms with Crippen molar-refractivity contribution < 1.29 is 9.53 Å². The van der Waals surface area contributed by atoms with E-state index in [-0.39, 0.29) is 17.7 Å². The molecule has 0 radical (unpaired) electrons. The minimum Gasteiger partial charge on any atom is -0.368 e. The molecule has 3 atom stereocenters. The number of aryl methyl sites for hydroxylation is 1. The molecule has 1 amide bonds. The van der Waals surface area contributed by atoms with Crippen molar-refractivity contribution in [3.8, 4) is 0 Å². The van der Waals surface area contributed by atoms with E-state index in [9.17, 15) is 9.59 Å². The van der Waals surface area contributed by atoms with Gasteiger partial charge in [0.25, 0.3) is 0 Å². The number of hydrogen-bond acceptors (Lipinski definition) is 4. The van der Waals surface area contributed by atoms with Gasteiger partial charge in [0, 0.05) is 13.0 Å². The van der Waals surface area contributed by atoms with Gasteiger partial charge in [-0.05, 0) is 31.1 Å². The molecule has 1 saturated carbocycles. The Morgan fingerprint density at radius 3 is 3.15 bits per heavy atom. The van der Waals surface area contributed by atoms with Gasteiger partial charge in [-0.3, -0.25) is 9.78 Å². The largest absolute Gasteiger partial charge is 0.368 e. The van der Waals surface area contributed by atoms with E-state index in [1.807, 2.05) is 0 Å². The monoisotopic (exact) mass is 280 g/mol. The molecule has 110 valence electrons. The van der Waals surface area contributed by atoms with Crippen molar-refractivity contribution in [3.63, 3.8) is 0 Å². The smallest absolute Gasteiger partial charge is 0.340 e. The molecule has 7 heteroatoms. The van der Waals surface area contributed by atoms with E-state index < -0.39 is 0 Å². The van der Waals surface area contributed by atoms with Crippen molar-refractivity contribution in [1.29, 1.82) is 0 Å². The fourth-order valence-electron chi connectivity index (χ4n) is 3.28. The highest BCUT2D eigenvalue weighted by Gasteiger charge is 2.43. The van der Waals surface area contributed by atoms with Crippen molar-refractivity contribution in [2.45, 2.75) is 38.2 Å². The van der Waals surface area contributed by atoms with Crippen molar-refractivity contribution >= 4 is 5.91 Å². The average Bonchev–Trinajstić information content (AvgIpc) is 3.10. The summed E-state index contributed by atoms with van der Waals surface area (Å²) in [5, 5.41) is 9.06. The van der Waals surface area contributed by atoms with Crippen LogP contribution in [0.3, 0.4) is 0 Å². The van der Waals surface area contributed by atoms with Gasteiger partial charge >= 0.3 is 5.69 Å². The number of aromatic nitrogens is 3. The zero-order valence-electron chi connectivity index (χ0n) is 11.4. The highest BCUT2D eigenvalue weighted by molar-refractivity contribution is 5.81. The Kier molecular flexibility index (Phi) is 3.86. The predicted octanol–water partition coefficient (Wildman–Crippen LogP) is -0.0381. The van der Waals surface area contributed by atoms with E-state index in [0.717, 1.165) is 19.4 Å². The third kappa shape index (κ3) is 2.77.